The number of likely N-dealkylation sites (tertiary alicyclic amines) is 1. The Hall–Kier alpha value is -3.59. The highest BCUT2D eigenvalue weighted by molar-refractivity contribution is 5.99. The van der Waals surface area contributed by atoms with Crippen molar-refractivity contribution in [1.82, 2.24) is 30.4 Å². The number of tetrazole rings is 1. The number of nitrogens with zero attached hydrogens (tertiary/aromatic N) is 5. The standard InChI is InChI=1S/C23H25N7O2/c31-20(24-22-25-27-28-26-22)14-23(30-16-18-8-4-5-9-19(18)21(30)32)10-12-29(13-11-23)15-17-6-2-1-3-7-17/h1-9H,10-16H2,(H2,24,25,26,27,28,31). The maximum atomic E-state index is 13.3. The molecule has 0 unspecified atom stereocenters. The monoisotopic (exact) mass is 431 g/mol. The summed E-state index contributed by atoms with van der Waals surface area (Å²) >= 11 is 0. The van der Waals surface area contributed by atoms with Crippen molar-refractivity contribution < 1.29 is 9.59 Å². The number of nitrogens with one attached hydrogen (secondary N) is 2. The number of hydrogen-bond donors (Lipinski definition) is 2. The number of aromatic amines is 1. The van der Waals surface area contributed by atoms with Gasteiger partial charge in [0, 0.05) is 31.7 Å². The number of rotatable bonds is 6. The number of amides is 2. The van der Waals surface area contributed by atoms with E-state index in [1.165, 1.54) is 5.56 Å². The minimum absolute atomic E-state index is 0.00414. The summed E-state index contributed by atoms with van der Waals surface area (Å²) in [4.78, 5) is 30.5. The Labute approximate surface area is 185 Å². The number of fused-ring (bicyclic) bond motifs is 1. The van der Waals surface area contributed by atoms with E-state index in [1.54, 1.807) is 0 Å². The molecule has 2 aliphatic heterocycles. The van der Waals surface area contributed by atoms with Gasteiger partial charge in [0.05, 0.1) is 12.0 Å². The van der Waals surface area contributed by atoms with Crippen molar-refractivity contribution >= 4 is 17.8 Å². The fraction of sp³-hybridized carbons (Fsp3) is 0.348. The van der Waals surface area contributed by atoms with Crippen LogP contribution in [0, 0.1) is 0 Å². The second-order valence-corrected chi connectivity index (χ2v) is 8.49. The summed E-state index contributed by atoms with van der Waals surface area (Å²) in [5, 5.41) is 16.1. The normalized spacial score (nSPS) is 17.9. The van der Waals surface area contributed by atoms with Gasteiger partial charge in [0.1, 0.15) is 0 Å². The Balaban J connectivity index is 1.35. The zero-order chi connectivity index (χ0) is 22.0. The number of benzene rings is 2. The molecule has 164 valence electrons. The van der Waals surface area contributed by atoms with Gasteiger partial charge < -0.3 is 4.90 Å². The smallest absolute Gasteiger partial charge is 0.269 e. The summed E-state index contributed by atoms with van der Waals surface area (Å²) in [7, 11) is 0. The van der Waals surface area contributed by atoms with Crippen LogP contribution in [0.2, 0.25) is 0 Å². The molecule has 32 heavy (non-hydrogen) atoms. The first kappa shape index (κ1) is 20.3. The third kappa shape index (κ3) is 3.99. The van der Waals surface area contributed by atoms with Crippen LogP contribution in [0.1, 0.15) is 40.7 Å². The molecule has 1 aromatic heterocycles. The van der Waals surface area contributed by atoms with Crippen molar-refractivity contribution in [3.05, 3.63) is 71.3 Å². The molecule has 2 aromatic carbocycles. The number of carbonyl (C=O) groups is 2. The van der Waals surface area contributed by atoms with E-state index in [-0.39, 0.29) is 24.2 Å². The van der Waals surface area contributed by atoms with Crippen molar-refractivity contribution in [3.8, 4) is 0 Å². The zero-order valence-corrected chi connectivity index (χ0v) is 17.7. The molecule has 5 rings (SSSR count). The molecule has 2 aliphatic rings. The molecular formula is C23H25N7O2. The topological polar surface area (TPSA) is 107 Å². The van der Waals surface area contributed by atoms with Gasteiger partial charge in [-0.2, -0.15) is 5.21 Å². The van der Waals surface area contributed by atoms with Crippen LogP contribution >= 0.6 is 0 Å². The molecule has 9 nitrogen and oxygen atoms in total. The summed E-state index contributed by atoms with van der Waals surface area (Å²) in [5.41, 5.74) is 2.45. The fourth-order valence-electron chi connectivity index (χ4n) is 4.83. The molecule has 3 heterocycles. The van der Waals surface area contributed by atoms with Crippen LogP contribution in [0.25, 0.3) is 0 Å². The van der Waals surface area contributed by atoms with Crippen molar-refractivity contribution in [3.63, 3.8) is 0 Å². The Morgan fingerprint density at radius 3 is 2.53 bits per heavy atom. The van der Waals surface area contributed by atoms with Gasteiger partial charge in [0.2, 0.25) is 5.91 Å². The van der Waals surface area contributed by atoms with Crippen LogP contribution in [0.5, 0.6) is 0 Å². The van der Waals surface area contributed by atoms with E-state index in [1.807, 2.05) is 47.4 Å². The third-order valence-electron chi connectivity index (χ3n) is 6.52. The Morgan fingerprint density at radius 1 is 1.06 bits per heavy atom. The largest absolute Gasteiger partial charge is 0.328 e. The molecule has 0 atom stereocenters. The van der Waals surface area contributed by atoms with Gasteiger partial charge in [-0.1, -0.05) is 53.6 Å². The van der Waals surface area contributed by atoms with Crippen molar-refractivity contribution in [2.45, 2.75) is 37.9 Å². The van der Waals surface area contributed by atoms with Crippen LogP contribution < -0.4 is 5.32 Å². The first-order valence-corrected chi connectivity index (χ1v) is 10.8. The van der Waals surface area contributed by atoms with E-state index < -0.39 is 5.54 Å². The van der Waals surface area contributed by atoms with Crippen LogP contribution in [0.15, 0.2) is 54.6 Å². The molecule has 1 saturated heterocycles. The zero-order valence-electron chi connectivity index (χ0n) is 17.7. The van der Waals surface area contributed by atoms with Crippen LogP contribution in [0.3, 0.4) is 0 Å². The lowest BCUT2D eigenvalue weighted by Gasteiger charge is -2.47. The first-order chi connectivity index (χ1) is 15.6. The van der Waals surface area contributed by atoms with Crippen molar-refractivity contribution in [1.29, 1.82) is 0 Å². The molecule has 0 bridgehead atoms. The van der Waals surface area contributed by atoms with Gasteiger partial charge in [-0.25, -0.2) is 0 Å². The lowest BCUT2D eigenvalue weighted by atomic mass is 9.82. The second kappa shape index (κ2) is 8.51. The van der Waals surface area contributed by atoms with E-state index in [0.29, 0.717) is 6.54 Å². The van der Waals surface area contributed by atoms with Gasteiger partial charge in [0.15, 0.2) is 0 Å². The molecule has 2 N–H and O–H groups in total. The fourth-order valence-corrected chi connectivity index (χ4v) is 4.83. The van der Waals surface area contributed by atoms with E-state index in [4.69, 9.17) is 0 Å². The molecule has 0 aliphatic carbocycles. The lowest BCUT2D eigenvalue weighted by molar-refractivity contribution is -0.119. The number of anilines is 1. The maximum absolute atomic E-state index is 13.3. The Kier molecular flexibility index (Phi) is 5.40. The second-order valence-electron chi connectivity index (χ2n) is 8.49. The minimum Gasteiger partial charge on any atom is -0.328 e. The average molecular weight is 432 g/mol. The quantitative estimate of drug-likeness (QED) is 0.620. The molecule has 3 aromatic rings. The summed E-state index contributed by atoms with van der Waals surface area (Å²) in [5.74, 6) is -0.0705. The third-order valence-corrected chi connectivity index (χ3v) is 6.52. The highest BCUT2D eigenvalue weighted by Gasteiger charge is 2.46. The molecule has 0 saturated carbocycles. The van der Waals surface area contributed by atoms with Gasteiger partial charge >= 0.3 is 0 Å². The average Bonchev–Trinajstić information content (AvgIpc) is 3.44. The van der Waals surface area contributed by atoms with Gasteiger partial charge in [-0.05, 0) is 35.2 Å². The molecular weight excluding hydrogens is 406 g/mol. The number of H-pyrrole nitrogens is 1. The highest BCUT2D eigenvalue weighted by atomic mass is 16.2. The van der Waals surface area contributed by atoms with Gasteiger partial charge in [-0.15, -0.1) is 5.10 Å². The maximum Gasteiger partial charge on any atom is 0.269 e. The minimum atomic E-state index is -0.558. The number of carbonyl (C=O) groups excluding carboxylic acids is 2. The van der Waals surface area contributed by atoms with Gasteiger partial charge in [0.25, 0.3) is 11.9 Å². The molecule has 2 amide bonds. The number of hydrogen-bond acceptors (Lipinski definition) is 6. The highest BCUT2D eigenvalue weighted by Crippen LogP contribution is 2.39. The Morgan fingerprint density at radius 2 is 1.81 bits per heavy atom. The molecule has 0 spiro atoms. The first-order valence-electron chi connectivity index (χ1n) is 10.8. The van der Waals surface area contributed by atoms with Crippen molar-refractivity contribution in [2.75, 3.05) is 18.4 Å². The molecule has 1 fully saturated rings. The van der Waals surface area contributed by atoms with E-state index in [9.17, 15) is 9.59 Å². The van der Waals surface area contributed by atoms with Gasteiger partial charge in [-0.3, -0.25) is 19.8 Å². The Bertz CT molecular complexity index is 1090. The van der Waals surface area contributed by atoms with E-state index >= 15 is 0 Å². The van der Waals surface area contributed by atoms with E-state index in [2.05, 4.69) is 43.0 Å². The predicted octanol–water partition coefficient (Wildman–Crippen LogP) is 2.22. The van der Waals surface area contributed by atoms with Crippen LogP contribution in [0.4, 0.5) is 5.95 Å². The molecule has 0 radical (unpaired) electrons. The van der Waals surface area contributed by atoms with Crippen LogP contribution in [-0.2, 0) is 17.9 Å². The SMILES string of the molecule is O=C(CC1(N2Cc3ccccc3C2=O)CCN(Cc2ccccc2)CC1)Nc1nn[nH]n1. The summed E-state index contributed by atoms with van der Waals surface area (Å²) < 4.78 is 0. The predicted molar refractivity (Wildman–Crippen MR) is 117 cm³/mol. The van der Waals surface area contributed by atoms with Crippen LogP contribution in [-0.4, -0.2) is 60.9 Å². The van der Waals surface area contributed by atoms with E-state index in [0.717, 1.165) is 43.6 Å². The number of piperidine rings is 1. The number of aromatic nitrogens is 4. The summed E-state index contributed by atoms with van der Waals surface area (Å²) in [6, 6.07) is 18.1. The summed E-state index contributed by atoms with van der Waals surface area (Å²) in [6.07, 6.45) is 1.64. The summed E-state index contributed by atoms with van der Waals surface area (Å²) in [6.45, 7) is 3.01. The van der Waals surface area contributed by atoms with Crippen molar-refractivity contribution in [2.24, 2.45) is 0 Å². The lowest BCUT2D eigenvalue weighted by Crippen LogP contribution is -2.56. The molecule has 9 heteroatoms.